The second-order valence-corrected chi connectivity index (χ2v) is 7.52. The van der Waals surface area contributed by atoms with Gasteiger partial charge in [0.1, 0.15) is 0 Å². The zero-order valence-corrected chi connectivity index (χ0v) is 16.1. The molecule has 1 heterocycles. The highest BCUT2D eigenvalue weighted by molar-refractivity contribution is 9.10. The Hall–Kier alpha value is -1.99. The van der Waals surface area contributed by atoms with E-state index in [4.69, 9.17) is 0 Å². The summed E-state index contributed by atoms with van der Waals surface area (Å²) in [6.07, 6.45) is 1.29. The van der Waals surface area contributed by atoms with Gasteiger partial charge in [0.05, 0.1) is 5.69 Å². The summed E-state index contributed by atoms with van der Waals surface area (Å²) in [5, 5.41) is 12.7. The lowest BCUT2D eigenvalue weighted by Crippen LogP contribution is -2.02. The summed E-state index contributed by atoms with van der Waals surface area (Å²) in [4.78, 5) is 12.2. The van der Waals surface area contributed by atoms with E-state index in [0.717, 1.165) is 38.6 Å². The van der Waals surface area contributed by atoms with E-state index in [9.17, 15) is 4.79 Å². The number of ketones is 1. The summed E-state index contributed by atoms with van der Waals surface area (Å²) >= 11 is 4.94. The molecule has 7 heteroatoms. The molecule has 0 saturated heterocycles. The summed E-state index contributed by atoms with van der Waals surface area (Å²) in [7, 11) is 0. The van der Waals surface area contributed by atoms with Gasteiger partial charge in [-0.3, -0.25) is 4.79 Å². The van der Waals surface area contributed by atoms with E-state index in [1.807, 2.05) is 55.5 Å². The van der Waals surface area contributed by atoms with Gasteiger partial charge in [0, 0.05) is 22.2 Å². The molecule has 0 unspecified atom stereocenters. The van der Waals surface area contributed by atoms with Crippen LogP contribution in [0.25, 0.3) is 5.69 Å². The molecular formula is C18H17BrN4OS. The van der Waals surface area contributed by atoms with Crippen molar-refractivity contribution in [2.75, 3.05) is 5.75 Å². The number of tetrazole rings is 1. The van der Waals surface area contributed by atoms with Crippen molar-refractivity contribution in [2.24, 2.45) is 0 Å². The van der Waals surface area contributed by atoms with Crippen LogP contribution in [0, 0.1) is 6.92 Å². The van der Waals surface area contributed by atoms with Crippen LogP contribution in [0.4, 0.5) is 0 Å². The number of carbonyl (C=O) groups excluding carboxylic acids is 1. The Balaban J connectivity index is 1.55. The first kappa shape index (κ1) is 17.8. The predicted molar refractivity (Wildman–Crippen MR) is 102 cm³/mol. The number of aryl methyl sites for hydroxylation is 1. The summed E-state index contributed by atoms with van der Waals surface area (Å²) < 4.78 is 2.72. The van der Waals surface area contributed by atoms with Crippen LogP contribution in [0.1, 0.15) is 28.8 Å². The third kappa shape index (κ3) is 4.55. The summed E-state index contributed by atoms with van der Waals surface area (Å²) in [5.74, 6) is 0.945. The maximum atomic E-state index is 12.2. The number of aromatic nitrogens is 4. The molecule has 0 fully saturated rings. The van der Waals surface area contributed by atoms with Gasteiger partial charge in [-0.1, -0.05) is 58.0 Å². The lowest BCUT2D eigenvalue weighted by Gasteiger charge is -2.07. The molecule has 1 aromatic heterocycles. The van der Waals surface area contributed by atoms with Crippen molar-refractivity contribution < 1.29 is 4.79 Å². The van der Waals surface area contributed by atoms with Crippen LogP contribution >= 0.6 is 27.7 Å². The highest BCUT2D eigenvalue weighted by Crippen LogP contribution is 2.22. The smallest absolute Gasteiger partial charge is 0.214 e. The van der Waals surface area contributed by atoms with Crippen LogP contribution in [-0.4, -0.2) is 31.7 Å². The fraction of sp³-hybridized carbons (Fsp3) is 0.222. The number of rotatable bonds is 7. The summed E-state index contributed by atoms with van der Waals surface area (Å²) in [6, 6.07) is 15.4. The molecule has 0 spiro atoms. The fourth-order valence-corrected chi connectivity index (χ4v) is 3.48. The monoisotopic (exact) mass is 416 g/mol. The zero-order valence-electron chi connectivity index (χ0n) is 13.7. The Morgan fingerprint density at radius 1 is 1.16 bits per heavy atom. The van der Waals surface area contributed by atoms with Crippen molar-refractivity contribution in [3.8, 4) is 5.69 Å². The van der Waals surface area contributed by atoms with Crippen LogP contribution < -0.4 is 0 Å². The van der Waals surface area contributed by atoms with Crippen molar-refractivity contribution in [3.63, 3.8) is 0 Å². The number of thioether (sulfide) groups is 1. The minimum Gasteiger partial charge on any atom is -0.294 e. The molecule has 0 aliphatic rings. The molecule has 0 radical (unpaired) electrons. The maximum Gasteiger partial charge on any atom is 0.214 e. The van der Waals surface area contributed by atoms with Crippen LogP contribution in [0.2, 0.25) is 0 Å². The average molecular weight is 417 g/mol. The zero-order chi connectivity index (χ0) is 17.6. The fourth-order valence-electron chi connectivity index (χ4n) is 2.40. The number of nitrogens with zero attached hydrogens (tertiary/aromatic N) is 4. The van der Waals surface area contributed by atoms with Crippen molar-refractivity contribution in [3.05, 3.63) is 64.1 Å². The highest BCUT2D eigenvalue weighted by Gasteiger charge is 2.11. The van der Waals surface area contributed by atoms with Crippen molar-refractivity contribution in [1.29, 1.82) is 0 Å². The Morgan fingerprint density at radius 3 is 2.68 bits per heavy atom. The standard InChI is InChI=1S/C18H17BrN4OS/c1-13-5-2-3-6-16(13)23-18(20-21-22-23)25-12-4-7-17(24)14-8-10-15(19)11-9-14/h2-3,5-6,8-11H,4,7,12H2,1H3. The molecule has 128 valence electrons. The number of halogens is 1. The van der Waals surface area contributed by atoms with Gasteiger partial charge < -0.3 is 0 Å². The average Bonchev–Trinajstić information content (AvgIpc) is 3.08. The van der Waals surface area contributed by atoms with Gasteiger partial charge in [0.15, 0.2) is 5.78 Å². The first-order chi connectivity index (χ1) is 12.1. The number of benzene rings is 2. The first-order valence-electron chi connectivity index (χ1n) is 7.91. The van der Waals surface area contributed by atoms with E-state index in [0.29, 0.717) is 6.42 Å². The SMILES string of the molecule is Cc1ccccc1-n1nnnc1SCCCC(=O)c1ccc(Br)cc1. The van der Waals surface area contributed by atoms with Crippen LogP contribution in [0.15, 0.2) is 58.2 Å². The van der Waals surface area contributed by atoms with Crippen LogP contribution in [0.5, 0.6) is 0 Å². The first-order valence-corrected chi connectivity index (χ1v) is 9.69. The largest absolute Gasteiger partial charge is 0.294 e. The topological polar surface area (TPSA) is 60.7 Å². The Bertz CT molecular complexity index is 864. The molecule has 0 atom stereocenters. The molecule has 25 heavy (non-hydrogen) atoms. The number of hydrogen-bond donors (Lipinski definition) is 0. The van der Waals surface area contributed by atoms with Gasteiger partial charge >= 0.3 is 0 Å². The summed E-state index contributed by atoms with van der Waals surface area (Å²) in [5.41, 5.74) is 2.83. The molecule has 5 nitrogen and oxygen atoms in total. The molecule has 2 aromatic carbocycles. The number of hydrogen-bond acceptors (Lipinski definition) is 5. The van der Waals surface area contributed by atoms with Crippen LogP contribution in [0.3, 0.4) is 0 Å². The van der Waals surface area contributed by atoms with Crippen LogP contribution in [-0.2, 0) is 0 Å². The van der Waals surface area contributed by atoms with E-state index >= 15 is 0 Å². The molecule has 3 aromatic rings. The van der Waals surface area contributed by atoms with E-state index in [-0.39, 0.29) is 5.78 Å². The Kier molecular flexibility index (Phi) is 5.99. The minimum absolute atomic E-state index is 0.159. The Labute approximate surface area is 159 Å². The van der Waals surface area contributed by atoms with Gasteiger partial charge in [-0.25, -0.2) is 0 Å². The van der Waals surface area contributed by atoms with Gasteiger partial charge in [0.25, 0.3) is 0 Å². The lowest BCUT2D eigenvalue weighted by molar-refractivity contribution is 0.0982. The second-order valence-electron chi connectivity index (χ2n) is 5.54. The molecule has 0 saturated carbocycles. The maximum absolute atomic E-state index is 12.2. The molecule has 0 bridgehead atoms. The number of para-hydroxylation sites is 1. The lowest BCUT2D eigenvalue weighted by atomic mass is 10.1. The highest BCUT2D eigenvalue weighted by atomic mass is 79.9. The minimum atomic E-state index is 0.159. The van der Waals surface area contributed by atoms with Crippen molar-refractivity contribution in [1.82, 2.24) is 20.2 Å². The predicted octanol–water partition coefficient (Wildman–Crippen LogP) is 4.49. The third-order valence-electron chi connectivity index (χ3n) is 3.73. The normalized spacial score (nSPS) is 10.8. The van der Waals surface area contributed by atoms with E-state index < -0.39 is 0 Å². The number of carbonyl (C=O) groups is 1. The van der Waals surface area contributed by atoms with Crippen molar-refractivity contribution >= 4 is 33.5 Å². The second kappa shape index (κ2) is 8.40. The molecule has 0 N–H and O–H groups in total. The van der Waals surface area contributed by atoms with Gasteiger partial charge in [-0.05, 0) is 47.5 Å². The van der Waals surface area contributed by atoms with Gasteiger partial charge in [-0.2, -0.15) is 4.68 Å². The molecule has 0 aliphatic carbocycles. The molecule has 0 aliphatic heterocycles. The molecular weight excluding hydrogens is 400 g/mol. The summed E-state index contributed by atoms with van der Waals surface area (Å²) in [6.45, 7) is 2.03. The third-order valence-corrected chi connectivity index (χ3v) is 5.26. The van der Waals surface area contributed by atoms with E-state index in [1.54, 1.807) is 16.4 Å². The van der Waals surface area contributed by atoms with Gasteiger partial charge in [0.2, 0.25) is 5.16 Å². The van der Waals surface area contributed by atoms with Crippen molar-refractivity contribution in [2.45, 2.75) is 24.9 Å². The van der Waals surface area contributed by atoms with E-state index in [2.05, 4.69) is 31.5 Å². The Morgan fingerprint density at radius 2 is 1.92 bits per heavy atom. The van der Waals surface area contributed by atoms with E-state index in [1.165, 1.54) is 0 Å². The quantitative estimate of drug-likeness (QED) is 0.322. The molecule has 3 rings (SSSR count). The van der Waals surface area contributed by atoms with Gasteiger partial charge in [-0.15, -0.1) is 5.10 Å². The molecule has 0 amide bonds. The number of Topliss-reactive ketones (excluding diaryl/α,β-unsaturated/α-hetero) is 1.